The second-order valence-corrected chi connectivity index (χ2v) is 6.00. The predicted molar refractivity (Wildman–Crippen MR) is 90.8 cm³/mol. The molecule has 22 heavy (non-hydrogen) atoms. The summed E-state index contributed by atoms with van der Waals surface area (Å²) in [6, 6.07) is 15.9. The molecule has 2 aromatic carbocycles. The fourth-order valence-corrected chi connectivity index (χ4v) is 2.42. The molecule has 0 bridgehead atoms. The number of hydrogen-bond donors (Lipinski definition) is 1. The second kappa shape index (κ2) is 7.97. The number of aryl methyl sites for hydroxylation is 1. The van der Waals surface area contributed by atoms with Crippen molar-refractivity contribution in [1.29, 1.82) is 0 Å². The maximum absolute atomic E-state index is 12.0. The summed E-state index contributed by atoms with van der Waals surface area (Å²) in [4.78, 5) is 14.0. The van der Waals surface area contributed by atoms with Crippen LogP contribution < -0.4 is 5.32 Å². The van der Waals surface area contributed by atoms with Crippen molar-refractivity contribution < 1.29 is 4.79 Å². The SMILES string of the molecule is Cc1ccc(CN(C)CC(=O)NCc2cccc(Cl)c2)cc1. The zero-order valence-corrected chi connectivity index (χ0v) is 13.7. The Morgan fingerprint density at radius 2 is 1.86 bits per heavy atom. The van der Waals surface area contributed by atoms with Crippen LogP contribution in [0.4, 0.5) is 0 Å². The first-order valence-electron chi connectivity index (χ1n) is 7.28. The Hall–Kier alpha value is -1.84. The molecule has 4 heteroatoms. The quantitative estimate of drug-likeness (QED) is 0.886. The highest BCUT2D eigenvalue weighted by atomic mass is 35.5. The van der Waals surface area contributed by atoms with Crippen LogP contribution >= 0.6 is 11.6 Å². The molecule has 1 amide bonds. The molecule has 0 aliphatic carbocycles. The van der Waals surface area contributed by atoms with E-state index in [0.717, 1.165) is 12.1 Å². The molecule has 0 saturated heterocycles. The van der Waals surface area contributed by atoms with Gasteiger partial charge in [-0.2, -0.15) is 0 Å². The molecule has 0 aromatic heterocycles. The Balaban J connectivity index is 1.77. The molecular weight excluding hydrogens is 296 g/mol. The van der Waals surface area contributed by atoms with Gasteiger partial charge in [0.15, 0.2) is 0 Å². The number of rotatable bonds is 6. The number of halogens is 1. The third kappa shape index (κ3) is 5.51. The van der Waals surface area contributed by atoms with E-state index in [1.54, 1.807) is 0 Å². The van der Waals surface area contributed by atoms with E-state index in [1.165, 1.54) is 11.1 Å². The van der Waals surface area contributed by atoms with Gasteiger partial charge in [0, 0.05) is 18.1 Å². The monoisotopic (exact) mass is 316 g/mol. The maximum atomic E-state index is 12.0. The van der Waals surface area contributed by atoms with Crippen LogP contribution in [-0.4, -0.2) is 24.4 Å². The number of nitrogens with one attached hydrogen (secondary N) is 1. The minimum atomic E-state index is 0.00888. The third-order valence-corrected chi connectivity index (χ3v) is 3.60. The van der Waals surface area contributed by atoms with Gasteiger partial charge < -0.3 is 5.32 Å². The molecular formula is C18H21ClN2O. The van der Waals surface area contributed by atoms with Crippen molar-refractivity contribution in [2.24, 2.45) is 0 Å². The number of amides is 1. The molecule has 0 spiro atoms. The molecule has 0 radical (unpaired) electrons. The van der Waals surface area contributed by atoms with E-state index in [9.17, 15) is 4.79 Å². The third-order valence-electron chi connectivity index (χ3n) is 3.37. The van der Waals surface area contributed by atoms with Crippen LogP contribution in [0.2, 0.25) is 5.02 Å². The lowest BCUT2D eigenvalue weighted by atomic mass is 10.1. The number of benzene rings is 2. The van der Waals surface area contributed by atoms with E-state index in [0.29, 0.717) is 18.1 Å². The summed E-state index contributed by atoms with van der Waals surface area (Å²) in [5.74, 6) is 0.00888. The van der Waals surface area contributed by atoms with E-state index in [1.807, 2.05) is 36.2 Å². The minimum Gasteiger partial charge on any atom is -0.351 e. The van der Waals surface area contributed by atoms with Crippen molar-refractivity contribution in [2.75, 3.05) is 13.6 Å². The molecule has 0 atom stereocenters. The first kappa shape index (κ1) is 16.5. The summed E-state index contributed by atoms with van der Waals surface area (Å²) < 4.78 is 0. The Kier molecular flexibility index (Phi) is 5.99. The van der Waals surface area contributed by atoms with Gasteiger partial charge in [-0.3, -0.25) is 9.69 Å². The fourth-order valence-electron chi connectivity index (χ4n) is 2.21. The Morgan fingerprint density at radius 1 is 1.14 bits per heavy atom. The largest absolute Gasteiger partial charge is 0.351 e. The lowest BCUT2D eigenvalue weighted by molar-refractivity contribution is -0.122. The first-order chi connectivity index (χ1) is 10.5. The highest BCUT2D eigenvalue weighted by Crippen LogP contribution is 2.10. The molecule has 0 saturated carbocycles. The lowest BCUT2D eigenvalue weighted by Gasteiger charge is -2.16. The van der Waals surface area contributed by atoms with Crippen LogP contribution in [0.3, 0.4) is 0 Å². The molecule has 0 aliphatic rings. The Morgan fingerprint density at radius 3 is 2.55 bits per heavy atom. The molecule has 2 rings (SSSR count). The molecule has 0 fully saturated rings. The van der Waals surface area contributed by atoms with Crippen molar-refractivity contribution in [3.8, 4) is 0 Å². The van der Waals surface area contributed by atoms with Gasteiger partial charge in [0.05, 0.1) is 6.54 Å². The number of likely N-dealkylation sites (N-methyl/N-ethyl adjacent to an activating group) is 1. The van der Waals surface area contributed by atoms with Crippen molar-refractivity contribution in [1.82, 2.24) is 10.2 Å². The summed E-state index contributed by atoms with van der Waals surface area (Å²) in [7, 11) is 1.94. The zero-order valence-electron chi connectivity index (χ0n) is 13.0. The van der Waals surface area contributed by atoms with Crippen molar-refractivity contribution in [2.45, 2.75) is 20.0 Å². The number of carbonyl (C=O) groups is 1. The van der Waals surface area contributed by atoms with Gasteiger partial charge in [-0.05, 0) is 37.2 Å². The predicted octanol–water partition coefficient (Wildman–Crippen LogP) is 3.40. The van der Waals surface area contributed by atoms with Crippen LogP contribution in [-0.2, 0) is 17.9 Å². The first-order valence-corrected chi connectivity index (χ1v) is 7.66. The topological polar surface area (TPSA) is 32.3 Å². The highest BCUT2D eigenvalue weighted by Gasteiger charge is 2.07. The summed E-state index contributed by atoms with van der Waals surface area (Å²) in [6.45, 7) is 3.69. The molecule has 3 nitrogen and oxygen atoms in total. The van der Waals surface area contributed by atoms with Gasteiger partial charge in [0.1, 0.15) is 0 Å². The number of nitrogens with zero attached hydrogens (tertiary/aromatic N) is 1. The van der Waals surface area contributed by atoms with Gasteiger partial charge in [0.2, 0.25) is 5.91 Å². The van der Waals surface area contributed by atoms with Crippen molar-refractivity contribution >= 4 is 17.5 Å². The average Bonchev–Trinajstić information content (AvgIpc) is 2.47. The number of carbonyl (C=O) groups excluding carboxylic acids is 1. The highest BCUT2D eigenvalue weighted by molar-refractivity contribution is 6.30. The van der Waals surface area contributed by atoms with Gasteiger partial charge in [-0.1, -0.05) is 53.6 Å². The van der Waals surface area contributed by atoms with Crippen LogP contribution in [0, 0.1) is 6.92 Å². The average molecular weight is 317 g/mol. The van der Waals surface area contributed by atoms with E-state index in [-0.39, 0.29) is 5.91 Å². The maximum Gasteiger partial charge on any atom is 0.234 e. The van der Waals surface area contributed by atoms with Crippen LogP contribution in [0.5, 0.6) is 0 Å². The lowest BCUT2D eigenvalue weighted by Crippen LogP contribution is -2.34. The molecule has 0 unspecified atom stereocenters. The van der Waals surface area contributed by atoms with Gasteiger partial charge in [-0.15, -0.1) is 0 Å². The summed E-state index contributed by atoms with van der Waals surface area (Å²) >= 11 is 5.92. The molecule has 0 aliphatic heterocycles. The Bertz CT molecular complexity index is 625. The fraction of sp³-hybridized carbons (Fsp3) is 0.278. The molecule has 1 N–H and O–H groups in total. The van der Waals surface area contributed by atoms with Gasteiger partial charge >= 0.3 is 0 Å². The van der Waals surface area contributed by atoms with E-state index in [2.05, 4.69) is 36.5 Å². The van der Waals surface area contributed by atoms with Crippen LogP contribution in [0.1, 0.15) is 16.7 Å². The zero-order chi connectivity index (χ0) is 15.9. The van der Waals surface area contributed by atoms with E-state index >= 15 is 0 Å². The molecule has 2 aromatic rings. The van der Waals surface area contributed by atoms with Crippen LogP contribution in [0.25, 0.3) is 0 Å². The van der Waals surface area contributed by atoms with Crippen LogP contribution in [0.15, 0.2) is 48.5 Å². The minimum absolute atomic E-state index is 0.00888. The normalized spacial score (nSPS) is 10.7. The van der Waals surface area contributed by atoms with Gasteiger partial charge in [0.25, 0.3) is 0 Å². The van der Waals surface area contributed by atoms with Gasteiger partial charge in [-0.25, -0.2) is 0 Å². The Labute approximate surface area is 136 Å². The van der Waals surface area contributed by atoms with E-state index in [4.69, 9.17) is 11.6 Å². The smallest absolute Gasteiger partial charge is 0.234 e. The van der Waals surface area contributed by atoms with Crippen molar-refractivity contribution in [3.63, 3.8) is 0 Å². The second-order valence-electron chi connectivity index (χ2n) is 5.56. The summed E-state index contributed by atoms with van der Waals surface area (Å²) in [5.41, 5.74) is 3.45. The number of hydrogen-bond acceptors (Lipinski definition) is 2. The standard InChI is InChI=1S/C18H21ClN2O/c1-14-6-8-15(9-7-14)12-21(2)13-18(22)20-11-16-4-3-5-17(19)10-16/h3-10H,11-13H2,1-2H3,(H,20,22). The summed E-state index contributed by atoms with van der Waals surface area (Å²) in [6.07, 6.45) is 0. The summed E-state index contributed by atoms with van der Waals surface area (Å²) in [5, 5.41) is 3.60. The molecule has 0 heterocycles. The van der Waals surface area contributed by atoms with Crippen molar-refractivity contribution in [3.05, 3.63) is 70.2 Å². The van der Waals surface area contributed by atoms with E-state index < -0.39 is 0 Å². The molecule has 116 valence electrons.